The van der Waals surface area contributed by atoms with Crippen molar-refractivity contribution >= 4 is 29.1 Å². The molecule has 1 N–H and O–H groups in total. The Morgan fingerprint density at radius 3 is 2.64 bits per heavy atom. The predicted octanol–water partition coefficient (Wildman–Crippen LogP) is 3.25. The Kier molecular flexibility index (Phi) is 4.95. The molecule has 0 fully saturated rings. The van der Waals surface area contributed by atoms with Gasteiger partial charge in [-0.25, -0.2) is 0 Å². The first kappa shape index (κ1) is 17.3. The Morgan fingerprint density at radius 1 is 1.24 bits per heavy atom. The number of nitrogens with one attached hydrogen (secondary N) is 1. The lowest BCUT2D eigenvalue weighted by Gasteiger charge is -2.18. The number of anilines is 1. The molecule has 2 amide bonds. The SMILES string of the molecule is CC(=O)NC1C(=O)N(CCOc2ccc(Cl)cc2)c2ccc(C)cc21. The number of hydrogen-bond acceptors (Lipinski definition) is 3. The number of aryl methyl sites for hydroxylation is 1. The second-order valence-electron chi connectivity index (χ2n) is 5.99. The van der Waals surface area contributed by atoms with Gasteiger partial charge in [0.2, 0.25) is 5.91 Å². The Labute approximate surface area is 151 Å². The van der Waals surface area contributed by atoms with E-state index in [1.165, 1.54) is 6.92 Å². The van der Waals surface area contributed by atoms with E-state index in [1.807, 2.05) is 25.1 Å². The van der Waals surface area contributed by atoms with E-state index in [0.29, 0.717) is 23.9 Å². The standard InChI is InChI=1S/C19H19ClN2O3/c1-12-3-8-17-16(11-12)18(21-13(2)23)19(24)22(17)9-10-25-15-6-4-14(20)5-7-15/h3-8,11,18H,9-10H2,1-2H3,(H,21,23). The first-order valence-electron chi connectivity index (χ1n) is 8.03. The van der Waals surface area contributed by atoms with Crippen molar-refractivity contribution in [2.75, 3.05) is 18.1 Å². The summed E-state index contributed by atoms with van der Waals surface area (Å²) in [6.07, 6.45) is 0. The number of halogens is 1. The topological polar surface area (TPSA) is 58.6 Å². The van der Waals surface area contributed by atoms with Gasteiger partial charge < -0.3 is 15.0 Å². The molecule has 1 unspecified atom stereocenters. The molecule has 0 radical (unpaired) electrons. The van der Waals surface area contributed by atoms with Crippen molar-refractivity contribution in [3.05, 3.63) is 58.6 Å². The van der Waals surface area contributed by atoms with Gasteiger partial charge in [-0.05, 0) is 37.3 Å². The smallest absolute Gasteiger partial charge is 0.254 e. The molecule has 2 aromatic carbocycles. The summed E-state index contributed by atoms with van der Waals surface area (Å²) >= 11 is 5.85. The van der Waals surface area contributed by atoms with Crippen LogP contribution in [0.3, 0.4) is 0 Å². The van der Waals surface area contributed by atoms with Crippen molar-refractivity contribution in [3.8, 4) is 5.75 Å². The van der Waals surface area contributed by atoms with E-state index in [9.17, 15) is 9.59 Å². The summed E-state index contributed by atoms with van der Waals surface area (Å²) in [5, 5.41) is 3.38. The van der Waals surface area contributed by atoms with E-state index < -0.39 is 6.04 Å². The minimum atomic E-state index is -0.636. The molecule has 1 aliphatic rings. The van der Waals surface area contributed by atoms with E-state index in [0.717, 1.165) is 16.8 Å². The third-order valence-electron chi connectivity index (χ3n) is 4.04. The van der Waals surface area contributed by atoms with Crippen LogP contribution in [-0.2, 0) is 9.59 Å². The van der Waals surface area contributed by atoms with Gasteiger partial charge in [0.15, 0.2) is 0 Å². The van der Waals surface area contributed by atoms with Gasteiger partial charge in [-0.3, -0.25) is 9.59 Å². The molecular formula is C19H19ClN2O3. The number of fused-ring (bicyclic) bond motifs is 1. The Hall–Kier alpha value is -2.53. The summed E-state index contributed by atoms with van der Waals surface area (Å²) in [4.78, 5) is 25.8. The van der Waals surface area contributed by atoms with Crippen LogP contribution in [0.15, 0.2) is 42.5 Å². The number of rotatable bonds is 5. The van der Waals surface area contributed by atoms with Gasteiger partial charge in [-0.2, -0.15) is 0 Å². The molecule has 0 aliphatic carbocycles. The molecule has 5 nitrogen and oxygen atoms in total. The Balaban J connectivity index is 1.74. The van der Waals surface area contributed by atoms with Crippen molar-refractivity contribution in [1.29, 1.82) is 0 Å². The zero-order chi connectivity index (χ0) is 18.0. The molecule has 0 bridgehead atoms. The number of benzene rings is 2. The van der Waals surface area contributed by atoms with Crippen LogP contribution in [0.2, 0.25) is 5.02 Å². The lowest BCUT2D eigenvalue weighted by molar-refractivity contribution is -0.126. The number of ether oxygens (including phenoxy) is 1. The van der Waals surface area contributed by atoms with Gasteiger partial charge in [0.25, 0.3) is 5.91 Å². The van der Waals surface area contributed by atoms with Crippen LogP contribution in [0.25, 0.3) is 0 Å². The maximum absolute atomic E-state index is 12.7. The highest BCUT2D eigenvalue weighted by Crippen LogP contribution is 2.36. The fourth-order valence-corrected chi connectivity index (χ4v) is 3.04. The highest BCUT2D eigenvalue weighted by Gasteiger charge is 2.37. The molecule has 1 heterocycles. The fraction of sp³-hybridized carbons (Fsp3) is 0.263. The maximum Gasteiger partial charge on any atom is 0.254 e. The van der Waals surface area contributed by atoms with Crippen LogP contribution in [0.1, 0.15) is 24.1 Å². The van der Waals surface area contributed by atoms with E-state index in [-0.39, 0.29) is 11.8 Å². The zero-order valence-corrected chi connectivity index (χ0v) is 14.8. The predicted molar refractivity (Wildman–Crippen MR) is 97.0 cm³/mol. The molecule has 3 rings (SSSR count). The zero-order valence-electron chi connectivity index (χ0n) is 14.1. The van der Waals surface area contributed by atoms with Crippen LogP contribution >= 0.6 is 11.6 Å². The molecule has 1 atom stereocenters. The summed E-state index contributed by atoms with van der Waals surface area (Å²) in [5.41, 5.74) is 2.68. The first-order valence-corrected chi connectivity index (χ1v) is 8.41. The minimum absolute atomic E-state index is 0.143. The number of hydrogen-bond donors (Lipinski definition) is 1. The van der Waals surface area contributed by atoms with Crippen molar-refractivity contribution in [3.63, 3.8) is 0 Å². The molecule has 0 aromatic heterocycles. The van der Waals surface area contributed by atoms with Gasteiger partial charge in [0.05, 0.1) is 6.54 Å². The Bertz CT molecular complexity index is 805. The van der Waals surface area contributed by atoms with Gasteiger partial charge in [-0.15, -0.1) is 0 Å². The average Bonchev–Trinajstić information content (AvgIpc) is 2.81. The number of carbonyl (C=O) groups excluding carboxylic acids is 2. The van der Waals surface area contributed by atoms with Crippen molar-refractivity contribution in [1.82, 2.24) is 5.32 Å². The molecule has 6 heteroatoms. The lowest BCUT2D eigenvalue weighted by atomic mass is 10.1. The monoisotopic (exact) mass is 358 g/mol. The van der Waals surface area contributed by atoms with Crippen LogP contribution < -0.4 is 15.0 Å². The molecular weight excluding hydrogens is 340 g/mol. The minimum Gasteiger partial charge on any atom is -0.492 e. The molecule has 0 saturated heterocycles. The molecule has 130 valence electrons. The van der Waals surface area contributed by atoms with E-state index in [4.69, 9.17) is 16.3 Å². The summed E-state index contributed by atoms with van der Waals surface area (Å²) in [6.45, 7) is 4.11. The number of carbonyl (C=O) groups is 2. The fourth-order valence-electron chi connectivity index (χ4n) is 2.92. The number of nitrogens with zero attached hydrogens (tertiary/aromatic N) is 1. The van der Waals surface area contributed by atoms with Crippen molar-refractivity contribution in [2.24, 2.45) is 0 Å². The highest BCUT2D eigenvalue weighted by molar-refractivity contribution is 6.30. The lowest BCUT2D eigenvalue weighted by Crippen LogP contribution is -2.38. The van der Waals surface area contributed by atoms with Crippen LogP contribution in [-0.4, -0.2) is 25.0 Å². The molecule has 2 aromatic rings. The Morgan fingerprint density at radius 2 is 1.96 bits per heavy atom. The van der Waals surface area contributed by atoms with Gasteiger partial charge >= 0.3 is 0 Å². The number of amides is 2. The third kappa shape index (κ3) is 3.77. The highest BCUT2D eigenvalue weighted by atomic mass is 35.5. The summed E-state index contributed by atoms with van der Waals surface area (Å²) in [5.74, 6) is 0.319. The van der Waals surface area contributed by atoms with Crippen molar-refractivity contribution in [2.45, 2.75) is 19.9 Å². The van der Waals surface area contributed by atoms with E-state index >= 15 is 0 Å². The van der Waals surface area contributed by atoms with Gasteiger partial charge in [-0.1, -0.05) is 29.3 Å². The third-order valence-corrected chi connectivity index (χ3v) is 4.29. The van der Waals surface area contributed by atoms with E-state index in [1.54, 1.807) is 29.2 Å². The summed E-state index contributed by atoms with van der Waals surface area (Å²) in [7, 11) is 0. The first-order chi connectivity index (χ1) is 12.0. The quantitative estimate of drug-likeness (QED) is 0.892. The molecule has 0 spiro atoms. The summed E-state index contributed by atoms with van der Waals surface area (Å²) in [6, 6.07) is 12.2. The normalized spacial score (nSPS) is 15.9. The average molecular weight is 359 g/mol. The van der Waals surface area contributed by atoms with Gasteiger partial charge in [0, 0.05) is 23.2 Å². The van der Waals surface area contributed by atoms with Crippen LogP contribution in [0.4, 0.5) is 5.69 Å². The van der Waals surface area contributed by atoms with Crippen LogP contribution in [0.5, 0.6) is 5.75 Å². The molecule has 1 aliphatic heterocycles. The van der Waals surface area contributed by atoms with Crippen LogP contribution in [0, 0.1) is 6.92 Å². The van der Waals surface area contributed by atoms with E-state index in [2.05, 4.69) is 5.32 Å². The van der Waals surface area contributed by atoms with Crippen molar-refractivity contribution < 1.29 is 14.3 Å². The largest absolute Gasteiger partial charge is 0.492 e. The molecule has 25 heavy (non-hydrogen) atoms. The maximum atomic E-state index is 12.7. The summed E-state index contributed by atoms with van der Waals surface area (Å²) < 4.78 is 5.69. The second-order valence-corrected chi connectivity index (χ2v) is 6.42. The van der Waals surface area contributed by atoms with Gasteiger partial charge in [0.1, 0.15) is 18.4 Å². The molecule has 0 saturated carbocycles. The second kappa shape index (κ2) is 7.15.